The van der Waals surface area contributed by atoms with E-state index in [9.17, 15) is 9.59 Å². The molecule has 1 aliphatic rings. The summed E-state index contributed by atoms with van der Waals surface area (Å²) < 4.78 is 5.96. The zero-order chi connectivity index (χ0) is 23.6. The Kier molecular flexibility index (Phi) is 6.29. The zero-order valence-electron chi connectivity index (χ0n) is 19.2. The Bertz CT molecular complexity index is 1150. The third kappa shape index (κ3) is 4.81. The molecule has 0 unspecified atom stereocenters. The standard InChI is InChI=1S/C27H29N3O3/c1-18-7-10-22(11-8-18)27(2,3)26(32)30-13-14-33-24(17-30)23-12-9-21(16-29-23)19-5-4-6-20(15-19)25(28)31/h4-12,15-16,24H,13-14,17H2,1-3H3,(H2,28,31)/t24-/m0/s1. The van der Waals surface area contributed by atoms with Crippen molar-refractivity contribution < 1.29 is 14.3 Å². The van der Waals surface area contributed by atoms with E-state index in [0.29, 0.717) is 25.3 Å². The molecule has 1 atom stereocenters. The van der Waals surface area contributed by atoms with Gasteiger partial charge < -0.3 is 15.4 Å². The molecule has 170 valence electrons. The van der Waals surface area contributed by atoms with Gasteiger partial charge in [-0.05, 0) is 50.1 Å². The first-order valence-electron chi connectivity index (χ1n) is 11.1. The Morgan fingerprint density at radius 3 is 2.48 bits per heavy atom. The molecule has 33 heavy (non-hydrogen) atoms. The number of morpholine rings is 1. The maximum Gasteiger partial charge on any atom is 0.248 e. The number of primary amides is 1. The Hall–Kier alpha value is -3.51. The third-order valence-electron chi connectivity index (χ3n) is 6.26. The van der Waals surface area contributed by atoms with Gasteiger partial charge in [-0.3, -0.25) is 14.6 Å². The number of amides is 2. The lowest BCUT2D eigenvalue weighted by molar-refractivity contribution is -0.144. The van der Waals surface area contributed by atoms with Gasteiger partial charge in [-0.15, -0.1) is 0 Å². The van der Waals surface area contributed by atoms with Crippen LogP contribution in [0.15, 0.2) is 66.9 Å². The van der Waals surface area contributed by atoms with Crippen molar-refractivity contribution >= 4 is 11.8 Å². The highest BCUT2D eigenvalue weighted by molar-refractivity contribution is 5.94. The van der Waals surface area contributed by atoms with E-state index in [1.165, 1.54) is 5.56 Å². The van der Waals surface area contributed by atoms with Crippen LogP contribution in [-0.2, 0) is 14.9 Å². The molecule has 0 aliphatic carbocycles. The summed E-state index contributed by atoms with van der Waals surface area (Å²) in [4.78, 5) is 31.4. The van der Waals surface area contributed by atoms with Gasteiger partial charge in [0.15, 0.2) is 0 Å². The third-order valence-corrected chi connectivity index (χ3v) is 6.26. The van der Waals surface area contributed by atoms with E-state index in [-0.39, 0.29) is 12.0 Å². The quantitative estimate of drug-likeness (QED) is 0.645. The number of aryl methyl sites for hydroxylation is 1. The van der Waals surface area contributed by atoms with Gasteiger partial charge in [-0.1, -0.05) is 48.0 Å². The van der Waals surface area contributed by atoms with Crippen LogP contribution in [0.3, 0.4) is 0 Å². The molecule has 6 nitrogen and oxygen atoms in total. The number of ether oxygens (including phenoxy) is 1. The first kappa shape index (κ1) is 22.7. The molecule has 4 rings (SSSR count). The van der Waals surface area contributed by atoms with Crippen molar-refractivity contribution in [1.82, 2.24) is 9.88 Å². The van der Waals surface area contributed by atoms with E-state index < -0.39 is 11.3 Å². The minimum absolute atomic E-state index is 0.0829. The molecule has 0 bridgehead atoms. The number of carbonyl (C=O) groups is 2. The fraction of sp³-hybridized carbons (Fsp3) is 0.296. The monoisotopic (exact) mass is 443 g/mol. The van der Waals surface area contributed by atoms with Gasteiger partial charge in [0.1, 0.15) is 6.10 Å². The molecule has 2 amide bonds. The summed E-state index contributed by atoms with van der Waals surface area (Å²) in [7, 11) is 0. The predicted molar refractivity (Wildman–Crippen MR) is 128 cm³/mol. The first-order chi connectivity index (χ1) is 15.8. The van der Waals surface area contributed by atoms with E-state index in [2.05, 4.69) is 4.98 Å². The molecule has 1 aromatic heterocycles. The maximum absolute atomic E-state index is 13.4. The van der Waals surface area contributed by atoms with Crippen LogP contribution < -0.4 is 5.73 Å². The summed E-state index contributed by atoms with van der Waals surface area (Å²) in [5, 5.41) is 0. The average molecular weight is 444 g/mol. The molecule has 2 N–H and O–H groups in total. The van der Waals surface area contributed by atoms with Crippen LogP contribution in [0.2, 0.25) is 0 Å². The topological polar surface area (TPSA) is 85.5 Å². The molecule has 1 fully saturated rings. The fourth-order valence-electron chi connectivity index (χ4n) is 4.12. The number of carbonyl (C=O) groups excluding carboxylic acids is 2. The average Bonchev–Trinajstić information content (AvgIpc) is 2.84. The molecule has 0 radical (unpaired) electrons. The molecule has 1 saturated heterocycles. The molecule has 1 aliphatic heterocycles. The smallest absolute Gasteiger partial charge is 0.248 e. The van der Waals surface area contributed by atoms with Crippen molar-refractivity contribution in [1.29, 1.82) is 0 Å². The van der Waals surface area contributed by atoms with Gasteiger partial charge in [0.25, 0.3) is 0 Å². The Morgan fingerprint density at radius 2 is 1.82 bits per heavy atom. The number of nitrogens with two attached hydrogens (primary N) is 1. The van der Waals surface area contributed by atoms with Crippen LogP contribution >= 0.6 is 0 Å². The number of benzene rings is 2. The summed E-state index contributed by atoms with van der Waals surface area (Å²) in [6, 6.07) is 19.1. The molecular formula is C27H29N3O3. The van der Waals surface area contributed by atoms with E-state index in [1.807, 2.05) is 68.1 Å². The van der Waals surface area contributed by atoms with E-state index >= 15 is 0 Å². The number of hydrogen-bond donors (Lipinski definition) is 1. The van der Waals surface area contributed by atoms with Gasteiger partial charge in [0, 0.05) is 23.9 Å². The Balaban J connectivity index is 1.49. The summed E-state index contributed by atoms with van der Waals surface area (Å²) >= 11 is 0. The van der Waals surface area contributed by atoms with Crippen molar-refractivity contribution in [3.63, 3.8) is 0 Å². The second kappa shape index (κ2) is 9.16. The Labute approximate surface area is 194 Å². The predicted octanol–water partition coefficient (Wildman–Crippen LogP) is 4.03. The summed E-state index contributed by atoms with van der Waals surface area (Å²) in [6.45, 7) is 7.46. The lowest BCUT2D eigenvalue weighted by Gasteiger charge is -2.37. The first-order valence-corrected chi connectivity index (χ1v) is 11.1. The second-order valence-corrected chi connectivity index (χ2v) is 9.02. The lowest BCUT2D eigenvalue weighted by atomic mass is 9.82. The van der Waals surface area contributed by atoms with E-state index in [0.717, 1.165) is 22.4 Å². The largest absolute Gasteiger partial charge is 0.368 e. The minimum atomic E-state index is -0.627. The molecule has 2 heterocycles. The number of hydrogen-bond acceptors (Lipinski definition) is 4. The van der Waals surface area contributed by atoms with E-state index in [1.54, 1.807) is 24.4 Å². The van der Waals surface area contributed by atoms with Crippen LogP contribution in [0.4, 0.5) is 0 Å². The van der Waals surface area contributed by atoms with E-state index in [4.69, 9.17) is 10.5 Å². The molecule has 0 spiro atoms. The second-order valence-electron chi connectivity index (χ2n) is 9.02. The van der Waals surface area contributed by atoms with Gasteiger partial charge in [0.2, 0.25) is 11.8 Å². The molecule has 6 heteroatoms. The zero-order valence-corrected chi connectivity index (χ0v) is 19.2. The number of rotatable bonds is 5. The highest BCUT2D eigenvalue weighted by Gasteiger charge is 2.36. The van der Waals surface area contributed by atoms with Crippen LogP contribution in [-0.4, -0.2) is 41.4 Å². The normalized spacial score (nSPS) is 16.5. The van der Waals surface area contributed by atoms with Crippen LogP contribution in [0, 0.1) is 6.92 Å². The van der Waals surface area contributed by atoms with Crippen LogP contribution in [0.25, 0.3) is 11.1 Å². The van der Waals surface area contributed by atoms with Crippen molar-refractivity contribution in [2.45, 2.75) is 32.3 Å². The number of nitrogens with zero attached hydrogens (tertiary/aromatic N) is 2. The van der Waals surface area contributed by atoms with Crippen molar-refractivity contribution in [3.05, 3.63) is 89.2 Å². The number of pyridine rings is 1. The summed E-state index contributed by atoms with van der Waals surface area (Å²) in [5.74, 6) is -0.380. The van der Waals surface area contributed by atoms with Crippen molar-refractivity contribution in [3.8, 4) is 11.1 Å². The fourth-order valence-corrected chi connectivity index (χ4v) is 4.12. The van der Waals surface area contributed by atoms with Gasteiger partial charge in [-0.25, -0.2) is 0 Å². The molecule has 0 saturated carbocycles. The Morgan fingerprint density at radius 1 is 1.06 bits per heavy atom. The number of aromatic nitrogens is 1. The van der Waals surface area contributed by atoms with Crippen LogP contribution in [0.1, 0.15) is 47.1 Å². The summed E-state index contributed by atoms with van der Waals surface area (Å²) in [5.41, 5.74) is 9.91. The molecular weight excluding hydrogens is 414 g/mol. The highest BCUT2D eigenvalue weighted by atomic mass is 16.5. The highest BCUT2D eigenvalue weighted by Crippen LogP contribution is 2.30. The van der Waals surface area contributed by atoms with Gasteiger partial charge in [-0.2, -0.15) is 0 Å². The van der Waals surface area contributed by atoms with Gasteiger partial charge >= 0.3 is 0 Å². The SMILES string of the molecule is Cc1ccc(C(C)(C)C(=O)N2CCO[C@H](c3ccc(-c4cccc(C(N)=O)c4)cn3)C2)cc1. The summed E-state index contributed by atoms with van der Waals surface area (Å²) in [6.07, 6.45) is 1.47. The van der Waals surface area contributed by atoms with Crippen molar-refractivity contribution in [2.24, 2.45) is 5.73 Å². The molecule has 2 aromatic carbocycles. The van der Waals surface area contributed by atoms with Gasteiger partial charge in [0.05, 0.1) is 24.3 Å². The lowest BCUT2D eigenvalue weighted by Crippen LogP contribution is -2.49. The minimum Gasteiger partial charge on any atom is -0.368 e. The van der Waals surface area contributed by atoms with Crippen molar-refractivity contribution in [2.75, 3.05) is 19.7 Å². The van der Waals surface area contributed by atoms with Crippen LogP contribution in [0.5, 0.6) is 0 Å². The molecule has 3 aromatic rings. The maximum atomic E-state index is 13.4.